The number of rotatable bonds is 3. The summed E-state index contributed by atoms with van der Waals surface area (Å²) < 4.78 is 0. The first-order valence-electron chi connectivity index (χ1n) is 4.72. The van der Waals surface area contributed by atoms with Crippen molar-refractivity contribution in [3.8, 4) is 0 Å². The van der Waals surface area contributed by atoms with Gasteiger partial charge in [0.05, 0.1) is 23.7 Å². The zero-order valence-electron chi connectivity index (χ0n) is 8.80. The van der Waals surface area contributed by atoms with E-state index in [-0.39, 0.29) is 18.9 Å². The number of nitrogens with one attached hydrogen (secondary N) is 1. The SMILES string of the molecule is Cc1cc(C)c(NC(=O)CCO)c(Cl)c1. The van der Waals surface area contributed by atoms with E-state index in [1.807, 2.05) is 19.9 Å². The molecule has 0 saturated heterocycles. The molecule has 0 saturated carbocycles. The van der Waals surface area contributed by atoms with Crippen molar-refractivity contribution < 1.29 is 9.90 Å². The molecule has 0 radical (unpaired) electrons. The highest BCUT2D eigenvalue weighted by Crippen LogP contribution is 2.27. The fraction of sp³-hybridized carbons (Fsp3) is 0.364. The van der Waals surface area contributed by atoms with Gasteiger partial charge in [-0.2, -0.15) is 0 Å². The highest BCUT2D eigenvalue weighted by atomic mass is 35.5. The van der Waals surface area contributed by atoms with Gasteiger partial charge in [-0.1, -0.05) is 17.7 Å². The van der Waals surface area contributed by atoms with E-state index in [0.29, 0.717) is 10.7 Å². The molecule has 3 nitrogen and oxygen atoms in total. The second-order valence-corrected chi connectivity index (χ2v) is 3.87. The molecule has 4 heteroatoms. The smallest absolute Gasteiger partial charge is 0.226 e. The van der Waals surface area contributed by atoms with E-state index in [0.717, 1.165) is 11.1 Å². The molecular formula is C11H14ClNO2. The zero-order chi connectivity index (χ0) is 11.4. The maximum Gasteiger partial charge on any atom is 0.226 e. The number of hydrogen-bond donors (Lipinski definition) is 2. The van der Waals surface area contributed by atoms with Gasteiger partial charge in [-0.3, -0.25) is 4.79 Å². The lowest BCUT2D eigenvalue weighted by Gasteiger charge is -2.10. The maximum absolute atomic E-state index is 11.3. The van der Waals surface area contributed by atoms with Gasteiger partial charge in [0.25, 0.3) is 0 Å². The molecule has 0 atom stereocenters. The van der Waals surface area contributed by atoms with Crippen LogP contribution in [0.3, 0.4) is 0 Å². The maximum atomic E-state index is 11.3. The van der Waals surface area contributed by atoms with Crippen LogP contribution in [0.5, 0.6) is 0 Å². The van der Waals surface area contributed by atoms with Gasteiger partial charge in [-0.05, 0) is 31.0 Å². The molecule has 0 aliphatic heterocycles. The van der Waals surface area contributed by atoms with E-state index in [1.165, 1.54) is 0 Å². The standard InChI is InChI=1S/C11H14ClNO2/c1-7-5-8(2)11(9(12)6-7)13-10(15)3-4-14/h5-6,14H,3-4H2,1-2H3,(H,13,15). The quantitative estimate of drug-likeness (QED) is 0.833. The Bertz CT molecular complexity index is 354. The third-order valence-electron chi connectivity index (χ3n) is 2.04. The number of hydrogen-bond acceptors (Lipinski definition) is 2. The van der Waals surface area contributed by atoms with Crippen LogP contribution in [0.2, 0.25) is 5.02 Å². The molecule has 1 aromatic rings. The predicted octanol–water partition coefficient (Wildman–Crippen LogP) is 2.28. The molecule has 0 spiro atoms. The number of anilines is 1. The van der Waals surface area contributed by atoms with Gasteiger partial charge in [-0.15, -0.1) is 0 Å². The summed E-state index contributed by atoms with van der Waals surface area (Å²) in [5, 5.41) is 11.8. The van der Waals surface area contributed by atoms with Gasteiger partial charge >= 0.3 is 0 Å². The van der Waals surface area contributed by atoms with Crippen LogP contribution in [0.4, 0.5) is 5.69 Å². The number of aliphatic hydroxyl groups is 1. The molecule has 0 bridgehead atoms. The number of aryl methyl sites for hydroxylation is 2. The minimum Gasteiger partial charge on any atom is -0.396 e. The lowest BCUT2D eigenvalue weighted by atomic mass is 10.1. The zero-order valence-corrected chi connectivity index (χ0v) is 9.56. The van der Waals surface area contributed by atoms with Crippen molar-refractivity contribution in [1.29, 1.82) is 0 Å². The van der Waals surface area contributed by atoms with E-state index in [4.69, 9.17) is 16.7 Å². The molecule has 0 unspecified atom stereocenters. The Kier molecular flexibility index (Phi) is 4.12. The van der Waals surface area contributed by atoms with Crippen LogP contribution in [0, 0.1) is 13.8 Å². The van der Waals surface area contributed by atoms with Crippen LogP contribution in [-0.2, 0) is 4.79 Å². The first-order valence-corrected chi connectivity index (χ1v) is 5.10. The summed E-state index contributed by atoms with van der Waals surface area (Å²) in [6, 6.07) is 3.74. The van der Waals surface area contributed by atoms with E-state index in [1.54, 1.807) is 6.07 Å². The number of carbonyl (C=O) groups is 1. The van der Waals surface area contributed by atoms with Crippen LogP contribution < -0.4 is 5.32 Å². The van der Waals surface area contributed by atoms with Gasteiger partial charge in [0.1, 0.15) is 0 Å². The van der Waals surface area contributed by atoms with E-state index in [2.05, 4.69) is 5.32 Å². The molecular weight excluding hydrogens is 214 g/mol. The van der Waals surface area contributed by atoms with Crippen molar-refractivity contribution in [2.24, 2.45) is 0 Å². The Labute approximate surface area is 94.1 Å². The summed E-state index contributed by atoms with van der Waals surface area (Å²) in [5.41, 5.74) is 2.60. The number of amides is 1. The van der Waals surface area contributed by atoms with Crippen LogP contribution in [0.1, 0.15) is 17.5 Å². The summed E-state index contributed by atoms with van der Waals surface area (Å²) >= 11 is 6.00. The lowest BCUT2D eigenvalue weighted by molar-refractivity contribution is -0.116. The molecule has 82 valence electrons. The van der Waals surface area contributed by atoms with Crippen LogP contribution in [0.25, 0.3) is 0 Å². The highest BCUT2D eigenvalue weighted by Gasteiger charge is 2.08. The molecule has 1 rings (SSSR count). The summed E-state index contributed by atoms with van der Waals surface area (Å²) in [7, 11) is 0. The van der Waals surface area contributed by atoms with Gasteiger partial charge in [0.2, 0.25) is 5.91 Å². The number of carbonyl (C=O) groups excluding carboxylic acids is 1. The van der Waals surface area contributed by atoms with Crippen molar-refractivity contribution in [2.45, 2.75) is 20.3 Å². The van der Waals surface area contributed by atoms with Gasteiger partial charge in [0, 0.05) is 0 Å². The molecule has 0 aliphatic rings. The van der Waals surface area contributed by atoms with E-state index < -0.39 is 0 Å². The lowest BCUT2D eigenvalue weighted by Crippen LogP contribution is -2.14. The number of halogens is 1. The van der Waals surface area contributed by atoms with Crippen molar-refractivity contribution in [2.75, 3.05) is 11.9 Å². The highest BCUT2D eigenvalue weighted by molar-refractivity contribution is 6.34. The summed E-state index contributed by atoms with van der Waals surface area (Å²) in [5.74, 6) is -0.230. The molecule has 0 aromatic heterocycles. The van der Waals surface area contributed by atoms with E-state index >= 15 is 0 Å². The number of aliphatic hydroxyl groups excluding tert-OH is 1. The third kappa shape index (κ3) is 3.22. The summed E-state index contributed by atoms with van der Waals surface area (Å²) in [6.07, 6.45) is 0.0869. The monoisotopic (exact) mass is 227 g/mol. The Balaban J connectivity index is 2.90. The van der Waals surface area contributed by atoms with Gasteiger partial charge in [0.15, 0.2) is 0 Å². The van der Waals surface area contributed by atoms with Gasteiger partial charge < -0.3 is 10.4 Å². The third-order valence-corrected chi connectivity index (χ3v) is 2.33. The summed E-state index contributed by atoms with van der Waals surface area (Å²) in [4.78, 5) is 11.3. The van der Waals surface area contributed by atoms with Crippen molar-refractivity contribution in [1.82, 2.24) is 0 Å². The van der Waals surface area contributed by atoms with E-state index in [9.17, 15) is 4.79 Å². The molecule has 1 aromatic carbocycles. The Morgan fingerprint density at radius 1 is 1.47 bits per heavy atom. The average molecular weight is 228 g/mol. The molecule has 15 heavy (non-hydrogen) atoms. The molecule has 0 heterocycles. The second-order valence-electron chi connectivity index (χ2n) is 3.46. The molecule has 1 amide bonds. The topological polar surface area (TPSA) is 49.3 Å². The Morgan fingerprint density at radius 2 is 2.13 bits per heavy atom. The molecule has 0 aliphatic carbocycles. The van der Waals surface area contributed by atoms with Crippen LogP contribution in [0.15, 0.2) is 12.1 Å². The predicted molar refractivity (Wildman–Crippen MR) is 61.3 cm³/mol. The van der Waals surface area contributed by atoms with Crippen molar-refractivity contribution >= 4 is 23.2 Å². The van der Waals surface area contributed by atoms with Gasteiger partial charge in [-0.25, -0.2) is 0 Å². The van der Waals surface area contributed by atoms with Crippen LogP contribution in [-0.4, -0.2) is 17.6 Å². The minimum atomic E-state index is -0.230. The van der Waals surface area contributed by atoms with Crippen LogP contribution >= 0.6 is 11.6 Å². The van der Waals surface area contributed by atoms with Crippen molar-refractivity contribution in [3.63, 3.8) is 0 Å². The first-order chi connectivity index (χ1) is 7.04. The first kappa shape index (κ1) is 12.0. The fourth-order valence-corrected chi connectivity index (χ4v) is 1.75. The number of benzene rings is 1. The normalized spacial score (nSPS) is 10.1. The molecule has 2 N–H and O–H groups in total. The Morgan fingerprint density at radius 3 is 2.67 bits per heavy atom. The minimum absolute atomic E-state index is 0.0869. The largest absolute Gasteiger partial charge is 0.396 e. The van der Waals surface area contributed by atoms with Crippen molar-refractivity contribution in [3.05, 3.63) is 28.3 Å². The average Bonchev–Trinajstić information content (AvgIpc) is 2.11. The molecule has 0 fully saturated rings. The Hall–Kier alpha value is -1.06. The fourth-order valence-electron chi connectivity index (χ4n) is 1.38. The second kappa shape index (κ2) is 5.14. The summed E-state index contributed by atoms with van der Waals surface area (Å²) in [6.45, 7) is 3.67.